The van der Waals surface area contributed by atoms with E-state index in [1.54, 1.807) is 0 Å². The second-order valence-electron chi connectivity index (χ2n) is 4.92. The first kappa shape index (κ1) is 15.1. The normalized spacial score (nSPS) is 11.5. The Balaban J connectivity index is 3.01. The maximum absolute atomic E-state index is 4.02. The van der Waals surface area contributed by atoms with E-state index >= 15 is 0 Å². The van der Waals surface area contributed by atoms with Gasteiger partial charge in [-0.3, -0.25) is 0 Å². The van der Waals surface area contributed by atoms with E-state index < -0.39 is 0 Å². The van der Waals surface area contributed by atoms with Gasteiger partial charge in [-0.25, -0.2) is 0 Å². The number of fused-ring (bicyclic) bond motifs is 1. The third kappa shape index (κ3) is 2.75. The van der Waals surface area contributed by atoms with Crippen LogP contribution in [-0.4, -0.2) is 0 Å². The quantitative estimate of drug-likeness (QED) is 0.577. The van der Waals surface area contributed by atoms with Crippen molar-refractivity contribution in [3.8, 4) is 0 Å². The summed E-state index contributed by atoms with van der Waals surface area (Å²) in [6.45, 7) is 12.2. The van der Waals surface area contributed by atoms with Crippen LogP contribution in [-0.2, 0) is 0 Å². The van der Waals surface area contributed by atoms with Crippen LogP contribution in [0.25, 0.3) is 35.1 Å². The molecule has 0 unspecified atom stereocenters. The van der Waals surface area contributed by atoms with Crippen molar-refractivity contribution in [2.24, 2.45) is 0 Å². The Labute approximate surface area is 127 Å². The van der Waals surface area contributed by atoms with Gasteiger partial charge in [-0.1, -0.05) is 80.8 Å². The third-order valence-corrected chi connectivity index (χ3v) is 3.64. The zero-order valence-electron chi connectivity index (χ0n) is 12.9. The fourth-order valence-corrected chi connectivity index (χ4v) is 2.73. The average Bonchev–Trinajstić information content (AvgIpc) is 2.53. The molecular weight excluding hydrogens is 252 g/mol. The summed E-state index contributed by atoms with van der Waals surface area (Å²) in [5.41, 5.74) is 4.78. The Hall–Kier alpha value is -2.34. The maximum Gasteiger partial charge on any atom is -0.00991 e. The van der Waals surface area contributed by atoms with E-state index in [2.05, 4.69) is 68.7 Å². The first-order valence-corrected chi connectivity index (χ1v) is 7.41. The number of hydrogen-bond donors (Lipinski definition) is 0. The second-order valence-corrected chi connectivity index (χ2v) is 4.92. The Morgan fingerprint density at radius 3 is 2.00 bits per heavy atom. The molecule has 0 atom stereocenters. The molecule has 106 valence electrons. The lowest BCUT2D eigenvalue weighted by Crippen LogP contribution is -1.94. The van der Waals surface area contributed by atoms with Crippen molar-refractivity contribution in [2.45, 2.75) is 20.3 Å². The molecule has 0 aromatic heterocycles. The molecule has 0 spiro atoms. The van der Waals surface area contributed by atoms with Crippen LogP contribution < -0.4 is 0 Å². The van der Waals surface area contributed by atoms with Crippen molar-refractivity contribution in [2.75, 3.05) is 0 Å². The van der Waals surface area contributed by atoms with E-state index in [9.17, 15) is 0 Å². The summed E-state index contributed by atoms with van der Waals surface area (Å²) in [4.78, 5) is 0. The van der Waals surface area contributed by atoms with Crippen LogP contribution >= 0.6 is 0 Å². The third-order valence-electron chi connectivity index (χ3n) is 3.64. The van der Waals surface area contributed by atoms with Crippen molar-refractivity contribution in [3.05, 3.63) is 71.8 Å². The van der Waals surface area contributed by atoms with Crippen LogP contribution in [0, 0.1) is 0 Å². The first-order chi connectivity index (χ1) is 10.3. The minimum Gasteiger partial charge on any atom is -0.0984 e. The van der Waals surface area contributed by atoms with Crippen LogP contribution in [0.1, 0.15) is 42.5 Å². The van der Waals surface area contributed by atoms with Crippen LogP contribution in [0.2, 0.25) is 0 Å². The zero-order valence-corrected chi connectivity index (χ0v) is 12.9. The Bertz CT molecular complexity index is 727. The molecule has 0 saturated carbocycles. The molecule has 0 nitrogen and oxygen atoms in total. The lowest BCUT2D eigenvalue weighted by Gasteiger charge is -2.15. The summed E-state index contributed by atoms with van der Waals surface area (Å²) >= 11 is 0. The van der Waals surface area contributed by atoms with Crippen molar-refractivity contribution in [3.63, 3.8) is 0 Å². The molecule has 0 N–H and O–H groups in total. The number of allylic oxidation sites excluding steroid dienone is 2. The summed E-state index contributed by atoms with van der Waals surface area (Å²) < 4.78 is 0. The molecule has 2 rings (SSSR count). The van der Waals surface area contributed by atoms with Gasteiger partial charge in [0.2, 0.25) is 0 Å². The topological polar surface area (TPSA) is 0 Å². The van der Waals surface area contributed by atoms with Crippen molar-refractivity contribution in [1.82, 2.24) is 0 Å². The highest BCUT2D eigenvalue weighted by Gasteiger charge is 2.12. The Morgan fingerprint density at radius 1 is 0.857 bits per heavy atom. The van der Waals surface area contributed by atoms with E-state index in [1.165, 1.54) is 33.0 Å². The van der Waals surface area contributed by atoms with Gasteiger partial charge in [0.05, 0.1) is 0 Å². The van der Waals surface area contributed by atoms with Gasteiger partial charge >= 0.3 is 0 Å². The molecule has 0 heteroatoms. The van der Waals surface area contributed by atoms with Gasteiger partial charge < -0.3 is 0 Å². The lowest BCUT2D eigenvalue weighted by atomic mass is 9.88. The maximum atomic E-state index is 4.02. The highest BCUT2D eigenvalue weighted by Crippen LogP contribution is 2.34. The van der Waals surface area contributed by atoms with Gasteiger partial charge in [0, 0.05) is 0 Å². The first-order valence-electron chi connectivity index (χ1n) is 7.41. The molecule has 0 fully saturated rings. The predicted octanol–water partition coefficient (Wildman–Crippen LogP) is 6.58. The predicted molar refractivity (Wildman–Crippen MR) is 98.2 cm³/mol. The SMILES string of the molecule is C=Cc1c(/C=C\CC)c(C=C)c2ccccc2c1/C=C\C. The molecule has 21 heavy (non-hydrogen) atoms. The van der Waals surface area contributed by atoms with Crippen LogP contribution in [0.5, 0.6) is 0 Å². The van der Waals surface area contributed by atoms with Gasteiger partial charge in [-0.2, -0.15) is 0 Å². The lowest BCUT2D eigenvalue weighted by molar-refractivity contribution is 1.23. The standard InChI is InChI=1S/C21H22/c1-5-9-13-19-16(7-3)18(12-6-2)21-15-11-10-14-20(21)17(19)8-4/h6-15H,3-5H2,1-2H3/b12-6-,13-9-. The van der Waals surface area contributed by atoms with Gasteiger partial charge in [0.1, 0.15) is 0 Å². The van der Waals surface area contributed by atoms with Gasteiger partial charge in [0.15, 0.2) is 0 Å². The molecule has 0 heterocycles. The van der Waals surface area contributed by atoms with Crippen LogP contribution in [0.4, 0.5) is 0 Å². The molecule has 0 aliphatic carbocycles. The smallest absolute Gasteiger partial charge is 0.00991 e. The Morgan fingerprint density at radius 2 is 1.48 bits per heavy atom. The number of benzene rings is 2. The highest BCUT2D eigenvalue weighted by molar-refractivity contribution is 6.02. The van der Waals surface area contributed by atoms with Gasteiger partial charge in [-0.05, 0) is 46.4 Å². The van der Waals surface area contributed by atoms with E-state index in [1.807, 2.05) is 19.1 Å². The minimum atomic E-state index is 1.01. The second kappa shape index (κ2) is 6.90. The van der Waals surface area contributed by atoms with Crippen LogP contribution in [0.15, 0.2) is 49.6 Å². The number of rotatable bonds is 5. The summed E-state index contributed by atoms with van der Waals surface area (Å²) in [6, 6.07) is 8.49. The van der Waals surface area contributed by atoms with E-state index in [0.29, 0.717) is 0 Å². The molecule has 0 aliphatic rings. The molecule has 2 aromatic carbocycles. The molecule has 0 saturated heterocycles. The zero-order chi connectivity index (χ0) is 15.2. The fourth-order valence-electron chi connectivity index (χ4n) is 2.73. The molecule has 0 amide bonds. The molecular formula is C21H22. The highest BCUT2D eigenvalue weighted by atomic mass is 14.2. The number of hydrogen-bond acceptors (Lipinski definition) is 0. The fraction of sp³-hybridized carbons (Fsp3) is 0.143. The Kier molecular flexibility index (Phi) is 4.94. The molecule has 0 bridgehead atoms. The largest absolute Gasteiger partial charge is 0.0984 e. The van der Waals surface area contributed by atoms with E-state index in [0.717, 1.165) is 6.42 Å². The summed E-state index contributed by atoms with van der Waals surface area (Å²) in [5, 5.41) is 2.48. The monoisotopic (exact) mass is 274 g/mol. The molecule has 2 aromatic rings. The van der Waals surface area contributed by atoms with Gasteiger partial charge in [-0.15, -0.1) is 0 Å². The van der Waals surface area contributed by atoms with E-state index in [-0.39, 0.29) is 0 Å². The van der Waals surface area contributed by atoms with E-state index in [4.69, 9.17) is 0 Å². The van der Waals surface area contributed by atoms with Crippen LogP contribution in [0.3, 0.4) is 0 Å². The summed E-state index contributed by atoms with van der Waals surface area (Å²) in [5.74, 6) is 0. The summed E-state index contributed by atoms with van der Waals surface area (Å²) in [6.07, 6.45) is 13.5. The van der Waals surface area contributed by atoms with Crippen molar-refractivity contribution in [1.29, 1.82) is 0 Å². The average molecular weight is 274 g/mol. The molecule has 0 aliphatic heterocycles. The molecule has 0 radical (unpaired) electrons. The van der Waals surface area contributed by atoms with Crippen molar-refractivity contribution >= 4 is 35.1 Å². The van der Waals surface area contributed by atoms with Gasteiger partial charge in [0.25, 0.3) is 0 Å². The minimum absolute atomic E-state index is 1.01. The summed E-state index contributed by atoms with van der Waals surface area (Å²) in [7, 11) is 0. The van der Waals surface area contributed by atoms with Crippen molar-refractivity contribution < 1.29 is 0 Å².